The number of nitro groups is 1. The van der Waals surface area contributed by atoms with Crippen molar-refractivity contribution >= 4 is 35.3 Å². The Morgan fingerprint density at radius 3 is 2.05 bits per heavy atom. The van der Waals surface area contributed by atoms with Crippen molar-refractivity contribution < 1.29 is 78.1 Å². The first-order chi connectivity index (χ1) is 31.1. The van der Waals surface area contributed by atoms with Gasteiger partial charge in [-0.15, -0.1) is 0 Å². The number of ether oxygens (including phenoxy) is 5. The van der Waals surface area contributed by atoms with Crippen LogP contribution < -0.4 is 19.5 Å². The van der Waals surface area contributed by atoms with E-state index < -0.39 is 70.4 Å². The number of nitrogens with one attached hydrogen (secondary N) is 1. The Balaban J connectivity index is 0.000000265. The van der Waals surface area contributed by atoms with Crippen molar-refractivity contribution in [3.05, 3.63) is 116 Å². The number of fused-ring (bicyclic) bond motifs is 3. The van der Waals surface area contributed by atoms with Crippen molar-refractivity contribution in [2.45, 2.75) is 90.8 Å². The number of carbonyl (C=O) groups is 5. The van der Waals surface area contributed by atoms with Gasteiger partial charge in [-0.05, 0) is 62.1 Å². The Kier molecular flexibility index (Phi) is 17.6. The smallest absolute Gasteiger partial charge is 0.507 e. The summed E-state index contributed by atoms with van der Waals surface area (Å²) in [6.45, 7) is 9.27. The number of ketones is 3. The highest BCUT2D eigenvalue weighted by molar-refractivity contribution is 6.31. The Morgan fingerprint density at radius 1 is 0.877 bits per heavy atom. The van der Waals surface area contributed by atoms with Gasteiger partial charge < -0.3 is 54.5 Å². The lowest BCUT2D eigenvalue weighted by Crippen LogP contribution is -2.52. The van der Waals surface area contributed by atoms with Crippen molar-refractivity contribution in [3.63, 3.8) is 0 Å². The number of rotatable bonds is 9. The molecule has 65 heavy (non-hydrogen) atoms. The minimum absolute atomic E-state index is 0.00456. The average molecular weight is 905 g/mol. The zero-order valence-corrected chi connectivity index (χ0v) is 36.6. The summed E-state index contributed by atoms with van der Waals surface area (Å²) in [7, 11) is 1.35. The lowest BCUT2D eigenvalue weighted by atomic mass is 9.73. The molecular formula is C46H52N2O17. The molecule has 1 heterocycles. The van der Waals surface area contributed by atoms with E-state index >= 15 is 0 Å². The average Bonchev–Trinajstić information content (AvgIpc) is 3.31. The van der Waals surface area contributed by atoms with Gasteiger partial charge in [0.1, 0.15) is 53.7 Å². The predicted octanol–water partition coefficient (Wildman–Crippen LogP) is 5.65. The fraction of sp³-hybridized carbons (Fsp3) is 0.370. The van der Waals surface area contributed by atoms with Gasteiger partial charge in [-0.2, -0.15) is 0 Å². The van der Waals surface area contributed by atoms with Crippen LogP contribution in [0.15, 0.2) is 66.7 Å². The minimum Gasteiger partial charge on any atom is -0.507 e. The molecular weight excluding hydrogens is 853 g/mol. The van der Waals surface area contributed by atoms with Gasteiger partial charge in [0.25, 0.3) is 5.69 Å². The van der Waals surface area contributed by atoms with Crippen LogP contribution in [-0.2, 0) is 33.7 Å². The second-order valence-corrected chi connectivity index (χ2v) is 14.3. The number of nitrogens with zero attached hydrogens (tertiary/aromatic N) is 1. The number of alkyl carbamates (subject to hydrolysis) is 1. The Bertz CT molecular complexity index is 2380. The summed E-state index contributed by atoms with van der Waals surface area (Å²) in [6.07, 6.45) is -2.87. The maximum Gasteiger partial charge on any atom is 0.519 e. The topological polar surface area (TPSA) is 288 Å². The minimum atomic E-state index is -1.93. The van der Waals surface area contributed by atoms with Crippen molar-refractivity contribution in [2.24, 2.45) is 0 Å². The maximum absolute atomic E-state index is 13.1. The van der Waals surface area contributed by atoms with Gasteiger partial charge in [-0.25, -0.2) is 9.59 Å². The van der Waals surface area contributed by atoms with Crippen LogP contribution in [0, 0.1) is 10.1 Å². The van der Waals surface area contributed by atoms with E-state index in [1.807, 2.05) is 27.7 Å². The molecule has 4 atom stereocenters. The van der Waals surface area contributed by atoms with Crippen molar-refractivity contribution in [2.75, 3.05) is 20.3 Å². The van der Waals surface area contributed by atoms with Gasteiger partial charge in [0.15, 0.2) is 11.6 Å². The number of phenolic OH excluding ortho intramolecular Hbond substituents is 2. The quantitative estimate of drug-likeness (QED) is 0.0342. The van der Waals surface area contributed by atoms with Gasteiger partial charge >= 0.3 is 12.2 Å². The second kappa shape index (κ2) is 22.6. The molecule has 3 aliphatic rings. The summed E-state index contributed by atoms with van der Waals surface area (Å²) in [6, 6.07) is 15.2. The highest BCUT2D eigenvalue weighted by Crippen LogP contribution is 2.48. The molecule has 1 aliphatic heterocycles. The number of aliphatic hydroxyl groups is 3. The number of hydrogen-bond acceptors (Lipinski definition) is 17. The Labute approximate surface area is 373 Å². The number of Topliss-reactive ketones (excluding diaryl/α,β-unsaturated/α-hetero) is 1. The van der Waals surface area contributed by atoms with Crippen LogP contribution in [-0.4, -0.2) is 104 Å². The van der Waals surface area contributed by atoms with Crippen molar-refractivity contribution in [1.82, 2.24) is 5.32 Å². The third kappa shape index (κ3) is 11.4. The second-order valence-electron chi connectivity index (χ2n) is 14.3. The Hall–Kier alpha value is -6.93. The summed E-state index contributed by atoms with van der Waals surface area (Å²) < 4.78 is 25.7. The van der Waals surface area contributed by atoms with Crippen LogP contribution >= 0.6 is 0 Å². The summed E-state index contributed by atoms with van der Waals surface area (Å²) in [5, 5.41) is 64.6. The van der Waals surface area contributed by atoms with Crippen LogP contribution in [0.3, 0.4) is 0 Å². The van der Waals surface area contributed by atoms with Gasteiger partial charge in [0.05, 0.1) is 40.9 Å². The third-order valence-corrected chi connectivity index (χ3v) is 10.5. The van der Waals surface area contributed by atoms with E-state index in [0.29, 0.717) is 18.6 Å². The monoisotopic (exact) mass is 904 g/mol. The fourth-order valence-corrected chi connectivity index (χ4v) is 7.19. The van der Waals surface area contributed by atoms with E-state index in [-0.39, 0.29) is 88.3 Å². The zero-order chi connectivity index (χ0) is 48.2. The summed E-state index contributed by atoms with van der Waals surface area (Å²) in [4.78, 5) is 72.1. The molecule has 0 spiro atoms. The van der Waals surface area contributed by atoms with Gasteiger partial charge in [0, 0.05) is 41.9 Å². The lowest BCUT2D eigenvalue weighted by molar-refractivity contribution is -0.384. The molecule has 1 saturated heterocycles. The third-order valence-electron chi connectivity index (χ3n) is 10.5. The van der Waals surface area contributed by atoms with Gasteiger partial charge in [-0.1, -0.05) is 52.0 Å². The van der Waals surface area contributed by atoms with Crippen LogP contribution in [0.4, 0.5) is 15.3 Å². The number of non-ortho nitro benzene ring substituents is 1. The first-order valence-electron chi connectivity index (χ1n) is 20.7. The molecule has 0 bridgehead atoms. The SMILES string of the molecule is CC.CC.COc1cccc2c1C(=O)c1c(O)c3c(c(O)c1C2=O)C[C@@](O)(C(=O)CO)CC3.C[C@@H]1OCC[C@H](NC(=O)OCc2ccc(OC(=O)Oc3ccc([N+](=O)[O-])cc3)cc2)[C@@H]1O. The molecule has 4 aromatic rings. The van der Waals surface area contributed by atoms with Gasteiger partial charge in [-0.3, -0.25) is 24.5 Å². The standard InChI is InChI=1S/C21H22N2O9.C21H18O8.2C2H6/c1-13-19(24)18(10-11-29-13)22-20(25)30-12-14-2-6-16(7-3-14)31-21(26)32-17-8-4-15(5-9-17)23(27)28;1-29-12-4-2-3-10-14(12)20(27)16-15(18(10)25)19(26)11-7-21(28,13(23)8-22)6-5-9(11)17(16)24;2*1-2/h2-9,13,18-19,24H,10-12H2,1H3,(H,22,25);2-4,22,24,26,28H,5-8H2,1H3;2*1-2H3/t13-,18-,19+;21-;;/m01../s1. The summed E-state index contributed by atoms with van der Waals surface area (Å²) in [5.41, 5.74) is -1.86. The lowest BCUT2D eigenvalue weighted by Gasteiger charge is -2.34. The molecule has 2 aliphatic carbocycles. The van der Waals surface area contributed by atoms with E-state index in [1.165, 1.54) is 61.7 Å². The molecule has 7 rings (SSSR count). The molecule has 19 nitrogen and oxygen atoms in total. The van der Waals surface area contributed by atoms with E-state index in [4.69, 9.17) is 28.8 Å². The molecule has 348 valence electrons. The fourth-order valence-electron chi connectivity index (χ4n) is 7.19. The molecule has 19 heteroatoms. The molecule has 6 N–H and O–H groups in total. The number of benzene rings is 4. The summed E-state index contributed by atoms with van der Waals surface area (Å²) in [5.74, 6) is -2.69. The van der Waals surface area contributed by atoms with E-state index in [0.717, 1.165) is 0 Å². The highest BCUT2D eigenvalue weighted by Gasteiger charge is 2.45. The van der Waals surface area contributed by atoms with Crippen molar-refractivity contribution in [3.8, 4) is 28.7 Å². The number of hydrogen-bond donors (Lipinski definition) is 6. The molecule has 0 unspecified atom stereocenters. The highest BCUT2D eigenvalue weighted by atomic mass is 16.7. The van der Waals surface area contributed by atoms with Gasteiger partial charge in [0.2, 0.25) is 5.78 Å². The largest absolute Gasteiger partial charge is 0.519 e. The number of aromatic hydroxyl groups is 2. The summed E-state index contributed by atoms with van der Waals surface area (Å²) >= 11 is 0. The zero-order valence-electron chi connectivity index (χ0n) is 36.6. The normalized spacial score (nSPS) is 19.0. The Morgan fingerprint density at radius 2 is 1.46 bits per heavy atom. The van der Waals surface area contributed by atoms with Crippen molar-refractivity contribution in [1.29, 1.82) is 0 Å². The predicted molar refractivity (Wildman–Crippen MR) is 231 cm³/mol. The molecule has 0 aromatic heterocycles. The van der Waals surface area contributed by atoms with Crippen LogP contribution in [0.5, 0.6) is 28.7 Å². The molecule has 0 radical (unpaired) electrons. The molecule has 0 saturated carbocycles. The first-order valence-corrected chi connectivity index (χ1v) is 20.7. The van der Waals surface area contributed by atoms with E-state index in [2.05, 4.69) is 5.32 Å². The number of amides is 1. The van der Waals surface area contributed by atoms with E-state index in [9.17, 15) is 54.5 Å². The number of phenols is 2. The molecule has 4 aromatic carbocycles. The number of carbonyl (C=O) groups excluding carboxylic acids is 5. The molecule has 1 amide bonds. The van der Waals surface area contributed by atoms with E-state index in [1.54, 1.807) is 19.1 Å². The van der Waals surface area contributed by atoms with Crippen LogP contribution in [0.1, 0.15) is 96.0 Å². The van der Waals surface area contributed by atoms with Crippen LogP contribution in [0.2, 0.25) is 0 Å². The number of methoxy groups -OCH3 is 1. The number of aliphatic hydroxyl groups excluding tert-OH is 2. The number of nitro benzene ring substituents is 1. The maximum atomic E-state index is 13.1. The first kappa shape index (κ1) is 50.7. The van der Waals surface area contributed by atoms with Crippen LogP contribution in [0.25, 0.3) is 0 Å². The molecule has 1 fully saturated rings.